The van der Waals surface area contributed by atoms with E-state index in [9.17, 15) is 9.18 Å². The predicted octanol–water partition coefficient (Wildman–Crippen LogP) is 2.34. The van der Waals surface area contributed by atoms with E-state index in [-0.39, 0.29) is 11.2 Å². The molecule has 3 rings (SSSR count). The molecule has 0 atom stereocenters. The zero-order valence-electron chi connectivity index (χ0n) is 9.53. The summed E-state index contributed by atoms with van der Waals surface area (Å²) in [6.07, 6.45) is 6.93. The molecule has 1 aromatic rings. The van der Waals surface area contributed by atoms with Crippen LogP contribution in [0.25, 0.3) is 6.08 Å². The number of nitrogens with zero attached hydrogens (tertiary/aromatic N) is 1. The Morgan fingerprint density at radius 2 is 2.06 bits per heavy atom. The second-order valence-corrected chi connectivity index (χ2v) is 4.86. The molecule has 1 spiro atoms. The molecule has 0 unspecified atom stereocenters. The molecule has 2 nitrogen and oxygen atoms in total. The van der Waals surface area contributed by atoms with Crippen molar-refractivity contribution in [3.8, 4) is 0 Å². The third-order valence-corrected chi connectivity index (χ3v) is 3.97. The van der Waals surface area contributed by atoms with Crippen molar-refractivity contribution in [3.05, 3.63) is 41.2 Å². The van der Waals surface area contributed by atoms with Crippen LogP contribution in [0.1, 0.15) is 24.0 Å². The topological polar surface area (TPSA) is 20.3 Å². The monoisotopic (exact) mass is 231 g/mol. The van der Waals surface area contributed by atoms with Gasteiger partial charge < -0.3 is 4.90 Å². The van der Waals surface area contributed by atoms with E-state index in [0.29, 0.717) is 0 Å². The van der Waals surface area contributed by atoms with Crippen LogP contribution in [0, 0.1) is 5.82 Å². The maximum Gasteiger partial charge on any atom is 0.209 e. The fourth-order valence-corrected chi connectivity index (χ4v) is 2.91. The number of allylic oxidation sites excluding steroid dienone is 1. The highest BCUT2D eigenvalue weighted by atomic mass is 19.1. The second kappa shape index (κ2) is 3.69. The lowest BCUT2D eigenvalue weighted by molar-refractivity contribution is -0.119. The summed E-state index contributed by atoms with van der Waals surface area (Å²) in [6, 6.07) is 4.98. The molecular formula is C14H14FNO. The summed E-state index contributed by atoms with van der Waals surface area (Å²) < 4.78 is 13.3. The molecule has 0 bridgehead atoms. The first kappa shape index (κ1) is 10.5. The van der Waals surface area contributed by atoms with E-state index in [1.807, 2.05) is 6.07 Å². The molecule has 2 aliphatic rings. The van der Waals surface area contributed by atoms with Crippen molar-refractivity contribution in [1.29, 1.82) is 0 Å². The fourth-order valence-electron chi connectivity index (χ4n) is 2.91. The van der Waals surface area contributed by atoms with Crippen LogP contribution in [0.15, 0.2) is 24.3 Å². The smallest absolute Gasteiger partial charge is 0.209 e. The van der Waals surface area contributed by atoms with Crippen molar-refractivity contribution in [2.45, 2.75) is 18.3 Å². The number of hydrogen-bond donors (Lipinski definition) is 0. The second-order valence-electron chi connectivity index (χ2n) is 4.86. The molecule has 1 fully saturated rings. The number of likely N-dealkylation sites (tertiary alicyclic amines) is 1. The van der Waals surface area contributed by atoms with Crippen molar-refractivity contribution in [2.24, 2.45) is 0 Å². The van der Waals surface area contributed by atoms with Gasteiger partial charge in [-0.3, -0.25) is 4.79 Å². The number of amides is 1. The average Bonchev–Trinajstić information content (AvgIpc) is 2.70. The Kier molecular flexibility index (Phi) is 2.28. The third-order valence-electron chi connectivity index (χ3n) is 3.97. The van der Waals surface area contributed by atoms with E-state index < -0.39 is 0 Å². The maximum absolute atomic E-state index is 13.3. The van der Waals surface area contributed by atoms with Gasteiger partial charge in [0.2, 0.25) is 6.41 Å². The predicted molar refractivity (Wildman–Crippen MR) is 64.0 cm³/mol. The standard InChI is InChI=1S/C14H14FNO/c15-12-2-1-11-3-4-14(13(11)9-12)5-7-16(10-17)8-6-14/h1-4,9-10H,5-8H2. The first-order valence-electron chi connectivity index (χ1n) is 5.92. The molecule has 17 heavy (non-hydrogen) atoms. The van der Waals surface area contributed by atoms with E-state index in [4.69, 9.17) is 0 Å². The van der Waals surface area contributed by atoms with Crippen molar-refractivity contribution >= 4 is 12.5 Å². The molecule has 0 N–H and O–H groups in total. The van der Waals surface area contributed by atoms with Gasteiger partial charge >= 0.3 is 0 Å². The van der Waals surface area contributed by atoms with Crippen molar-refractivity contribution in [3.63, 3.8) is 0 Å². The Morgan fingerprint density at radius 3 is 2.76 bits per heavy atom. The maximum atomic E-state index is 13.3. The minimum absolute atomic E-state index is 0.0447. The number of benzene rings is 1. The Balaban J connectivity index is 1.95. The molecule has 0 radical (unpaired) electrons. The van der Waals surface area contributed by atoms with Crippen LogP contribution in [-0.2, 0) is 10.2 Å². The van der Waals surface area contributed by atoms with Gasteiger partial charge in [-0.1, -0.05) is 18.2 Å². The SMILES string of the molecule is O=CN1CCC2(C=Cc3ccc(F)cc32)CC1. The van der Waals surface area contributed by atoms with Gasteiger partial charge in [0, 0.05) is 18.5 Å². The molecule has 1 amide bonds. The van der Waals surface area contributed by atoms with Crippen molar-refractivity contribution in [1.82, 2.24) is 4.90 Å². The van der Waals surface area contributed by atoms with Crippen LogP contribution < -0.4 is 0 Å². The van der Waals surface area contributed by atoms with Crippen molar-refractivity contribution in [2.75, 3.05) is 13.1 Å². The molecule has 1 aliphatic heterocycles. The van der Waals surface area contributed by atoms with Crippen LogP contribution in [0.3, 0.4) is 0 Å². The van der Waals surface area contributed by atoms with Crippen LogP contribution in [0.2, 0.25) is 0 Å². The zero-order chi connectivity index (χ0) is 11.9. The summed E-state index contributed by atoms with van der Waals surface area (Å²) in [7, 11) is 0. The lowest BCUT2D eigenvalue weighted by Crippen LogP contribution is -2.40. The van der Waals surface area contributed by atoms with Gasteiger partial charge in [-0.05, 0) is 36.1 Å². The van der Waals surface area contributed by atoms with Gasteiger partial charge in [-0.25, -0.2) is 4.39 Å². The van der Waals surface area contributed by atoms with E-state index in [2.05, 4.69) is 12.2 Å². The number of rotatable bonds is 1. The van der Waals surface area contributed by atoms with Gasteiger partial charge in [0.15, 0.2) is 0 Å². The molecule has 1 heterocycles. The number of carbonyl (C=O) groups excluding carboxylic acids is 1. The number of fused-ring (bicyclic) bond motifs is 2. The van der Waals surface area contributed by atoms with Crippen LogP contribution in [-0.4, -0.2) is 24.4 Å². The molecule has 3 heteroatoms. The Bertz CT molecular complexity index is 487. The largest absolute Gasteiger partial charge is 0.345 e. The van der Waals surface area contributed by atoms with Crippen LogP contribution in [0.5, 0.6) is 0 Å². The number of hydrogen-bond acceptors (Lipinski definition) is 1. The highest BCUT2D eigenvalue weighted by Crippen LogP contribution is 2.43. The summed E-state index contributed by atoms with van der Waals surface area (Å²) in [4.78, 5) is 12.5. The van der Waals surface area contributed by atoms with Gasteiger partial charge in [0.25, 0.3) is 0 Å². The highest BCUT2D eigenvalue weighted by molar-refractivity contribution is 5.65. The molecule has 0 aromatic heterocycles. The first-order valence-corrected chi connectivity index (χ1v) is 5.92. The van der Waals surface area contributed by atoms with Crippen LogP contribution in [0.4, 0.5) is 4.39 Å². The average molecular weight is 231 g/mol. The lowest BCUT2D eigenvalue weighted by atomic mass is 9.74. The van der Waals surface area contributed by atoms with Gasteiger partial charge in [-0.2, -0.15) is 0 Å². The van der Waals surface area contributed by atoms with Gasteiger partial charge in [-0.15, -0.1) is 0 Å². The van der Waals surface area contributed by atoms with E-state index >= 15 is 0 Å². The molecule has 1 aliphatic carbocycles. The van der Waals surface area contributed by atoms with E-state index in [0.717, 1.165) is 43.5 Å². The quantitative estimate of drug-likeness (QED) is 0.679. The minimum Gasteiger partial charge on any atom is -0.345 e. The summed E-state index contributed by atoms with van der Waals surface area (Å²) in [5.41, 5.74) is 2.16. The van der Waals surface area contributed by atoms with E-state index in [1.54, 1.807) is 11.0 Å². The number of halogens is 1. The summed E-state index contributed by atoms with van der Waals surface area (Å²) in [6.45, 7) is 1.51. The Morgan fingerprint density at radius 1 is 1.29 bits per heavy atom. The number of carbonyl (C=O) groups is 1. The van der Waals surface area contributed by atoms with Crippen molar-refractivity contribution < 1.29 is 9.18 Å². The van der Waals surface area contributed by atoms with E-state index in [1.165, 1.54) is 6.07 Å². The Labute approximate surface area is 99.7 Å². The molecule has 1 aromatic carbocycles. The molecular weight excluding hydrogens is 217 g/mol. The van der Waals surface area contributed by atoms with Gasteiger partial charge in [0.05, 0.1) is 0 Å². The molecule has 0 saturated carbocycles. The Hall–Kier alpha value is -1.64. The third kappa shape index (κ3) is 1.57. The summed E-state index contributed by atoms with van der Waals surface area (Å²) in [5.74, 6) is -0.176. The van der Waals surface area contributed by atoms with Gasteiger partial charge in [0.1, 0.15) is 5.82 Å². The zero-order valence-corrected chi connectivity index (χ0v) is 9.53. The fraction of sp³-hybridized carbons (Fsp3) is 0.357. The summed E-state index contributed by atoms with van der Waals surface area (Å²) in [5, 5.41) is 0. The highest BCUT2D eigenvalue weighted by Gasteiger charge is 2.37. The number of piperidine rings is 1. The first-order chi connectivity index (χ1) is 8.23. The van der Waals surface area contributed by atoms with Crippen LogP contribution >= 0.6 is 0 Å². The molecule has 88 valence electrons. The normalized spacial score (nSPS) is 20.6. The summed E-state index contributed by atoms with van der Waals surface area (Å²) >= 11 is 0. The minimum atomic E-state index is -0.176. The molecule has 1 saturated heterocycles. The lowest BCUT2D eigenvalue weighted by Gasteiger charge is -2.37.